The molecule has 0 bridgehead atoms. The van der Waals surface area contributed by atoms with Crippen molar-refractivity contribution < 1.29 is 9.47 Å². The summed E-state index contributed by atoms with van der Waals surface area (Å²) < 4.78 is 11.5. The molecule has 0 aromatic heterocycles. The Kier molecular flexibility index (Phi) is 5.70. The summed E-state index contributed by atoms with van der Waals surface area (Å²) in [4.78, 5) is 0. The van der Waals surface area contributed by atoms with E-state index in [2.05, 4.69) is 42.6 Å². The molecule has 2 aromatic carbocycles. The van der Waals surface area contributed by atoms with Gasteiger partial charge in [0.05, 0.1) is 12.7 Å². The molecule has 0 amide bonds. The highest BCUT2D eigenvalue weighted by Gasteiger charge is 2.08. The molecule has 0 aliphatic heterocycles. The Labute approximate surface area is 133 Å². The number of nitrogens with one attached hydrogen (secondary N) is 1. The van der Waals surface area contributed by atoms with Gasteiger partial charge < -0.3 is 14.8 Å². The monoisotopic (exact) mass is 299 g/mol. The van der Waals surface area contributed by atoms with Crippen molar-refractivity contribution in [2.45, 2.75) is 40.3 Å². The number of anilines is 1. The van der Waals surface area contributed by atoms with E-state index in [9.17, 15) is 0 Å². The highest BCUT2D eigenvalue weighted by molar-refractivity contribution is 5.47. The Bertz CT molecular complexity index is 591. The van der Waals surface area contributed by atoms with Crippen molar-refractivity contribution in [1.82, 2.24) is 0 Å². The summed E-state index contributed by atoms with van der Waals surface area (Å²) in [5.74, 6) is 1.61. The fourth-order valence-corrected chi connectivity index (χ4v) is 2.16. The van der Waals surface area contributed by atoms with Crippen LogP contribution in [0.4, 0.5) is 5.69 Å². The number of hydrogen-bond donors (Lipinski definition) is 1. The quantitative estimate of drug-likeness (QED) is 0.797. The summed E-state index contributed by atoms with van der Waals surface area (Å²) in [6.45, 7) is 9.49. The molecule has 0 aliphatic rings. The van der Waals surface area contributed by atoms with Gasteiger partial charge in [-0.1, -0.05) is 23.8 Å². The van der Waals surface area contributed by atoms with Crippen LogP contribution >= 0.6 is 0 Å². The minimum absolute atomic E-state index is 0.135. The molecule has 0 saturated heterocycles. The number of benzene rings is 2. The largest absolute Gasteiger partial charge is 0.490 e. The maximum Gasteiger partial charge on any atom is 0.161 e. The van der Waals surface area contributed by atoms with Gasteiger partial charge in [0.2, 0.25) is 0 Å². The summed E-state index contributed by atoms with van der Waals surface area (Å²) in [5.41, 5.74) is 3.55. The van der Waals surface area contributed by atoms with Crippen LogP contribution in [0.2, 0.25) is 0 Å². The minimum atomic E-state index is 0.135. The van der Waals surface area contributed by atoms with Gasteiger partial charge in [-0.3, -0.25) is 0 Å². The third kappa shape index (κ3) is 4.69. The Morgan fingerprint density at radius 1 is 1.00 bits per heavy atom. The summed E-state index contributed by atoms with van der Waals surface area (Å²) in [6.07, 6.45) is 0.135. The van der Waals surface area contributed by atoms with E-state index in [4.69, 9.17) is 9.47 Å². The van der Waals surface area contributed by atoms with Gasteiger partial charge in [-0.2, -0.15) is 0 Å². The SMILES string of the molecule is CCOc1cc(CNc2ccc(C)cc2)ccc1OC(C)C. The van der Waals surface area contributed by atoms with E-state index >= 15 is 0 Å². The van der Waals surface area contributed by atoms with Gasteiger partial charge in [-0.25, -0.2) is 0 Å². The molecule has 0 spiro atoms. The first-order chi connectivity index (χ1) is 10.6. The van der Waals surface area contributed by atoms with E-state index in [1.54, 1.807) is 0 Å². The van der Waals surface area contributed by atoms with Gasteiger partial charge in [0, 0.05) is 12.2 Å². The predicted octanol–water partition coefficient (Wildman–Crippen LogP) is 4.79. The average Bonchev–Trinajstić information content (AvgIpc) is 2.49. The van der Waals surface area contributed by atoms with Crippen LogP contribution in [0.1, 0.15) is 31.9 Å². The maximum absolute atomic E-state index is 5.78. The zero-order valence-electron chi connectivity index (χ0n) is 13.8. The van der Waals surface area contributed by atoms with Crippen LogP contribution < -0.4 is 14.8 Å². The van der Waals surface area contributed by atoms with E-state index < -0.39 is 0 Å². The molecular formula is C19H25NO2. The smallest absolute Gasteiger partial charge is 0.161 e. The summed E-state index contributed by atoms with van der Waals surface area (Å²) in [7, 11) is 0. The molecule has 0 fully saturated rings. The molecule has 0 unspecified atom stereocenters. The second-order valence-electron chi connectivity index (χ2n) is 5.60. The van der Waals surface area contributed by atoms with Gasteiger partial charge in [-0.15, -0.1) is 0 Å². The van der Waals surface area contributed by atoms with E-state index in [-0.39, 0.29) is 6.10 Å². The Balaban J connectivity index is 2.07. The lowest BCUT2D eigenvalue weighted by Crippen LogP contribution is -2.08. The molecule has 3 nitrogen and oxygen atoms in total. The Morgan fingerprint density at radius 3 is 2.36 bits per heavy atom. The molecule has 118 valence electrons. The molecule has 0 aliphatic carbocycles. The standard InChI is InChI=1S/C19H25NO2/c1-5-21-19-12-16(8-11-18(19)22-14(2)3)13-20-17-9-6-15(4)7-10-17/h6-12,14,20H,5,13H2,1-4H3. The average molecular weight is 299 g/mol. The third-order valence-electron chi connectivity index (χ3n) is 3.22. The van der Waals surface area contributed by atoms with Crippen LogP contribution in [0.3, 0.4) is 0 Å². The lowest BCUT2D eigenvalue weighted by atomic mass is 10.2. The van der Waals surface area contributed by atoms with Crippen molar-refractivity contribution in [3.63, 3.8) is 0 Å². The number of ether oxygens (including phenoxy) is 2. The van der Waals surface area contributed by atoms with Gasteiger partial charge in [0.1, 0.15) is 0 Å². The molecule has 2 rings (SSSR count). The fourth-order valence-electron chi connectivity index (χ4n) is 2.16. The lowest BCUT2D eigenvalue weighted by molar-refractivity contribution is 0.223. The zero-order chi connectivity index (χ0) is 15.9. The second-order valence-corrected chi connectivity index (χ2v) is 5.60. The van der Waals surface area contributed by atoms with Crippen LogP contribution in [0.15, 0.2) is 42.5 Å². The predicted molar refractivity (Wildman–Crippen MR) is 91.9 cm³/mol. The van der Waals surface area contributed by atoms with Gasteiger partial charge in [0.15, 0.2) is 11.5 Å². The summed E-state index contributed by atoms with van der Waals surface area (Å²) in [6, 6.07) is 14.5. The number of aryl methyl sites for hydroxylation is 1. The van der Waals surface area contributed by atoms with Crippen LogP contribution in [0, 0.1) is 6.92 Å². The Hall–Kier alpha value is -2.16. The molecular weight excluding hydrogens is 274 g/mol. The molecule has 3 heteroatoms. The Morgan fingerprint density at radius 2 is 1.73 bits per heavy atom. The van der Waals surface area contributed by atoms with Crippen LogP contribution in [-0.4, -0.2) is 12.7 Å². The molecule has 0 heterocycles. The van der Waals surface area contributed by atoms with Crippen molar-refractivity contribution in [3.8, 4) is 11.5 Å². The minimum Gasteiger partial charge on any atom is -0.490 e. The second kappa shape index (κ2) is 7.74. The van der Waals surface area contributed by atoms with Crippen molar-refractivity contribution >= 4 is 5.69 Å². The fraction of sp³-hybridized carbons (Fsp3) is 0.368. The molecule has 0 atom stereocenters. The zero-order valence-corrected chi connectivity index (χ0v) is 13.8. The van der Waals surface area contributed by atoms with Crippen LogP contribution in [0.25, 0.3) is 0 Å². The molecule has 22 heavy (non-hydrogen) atoms. The summed E-state index contributed by atoms with van der Waals surface area (Å²) in [5, 5.41) is 3.42. The highest BCUT2D eigenvalue weighted by atomic mass is 16.5. The molecule has 0 saturated carbocycles. The highest BCUT2D eigenvalue weighted by Crippen LogP contribution is 2.29. The first kappa shape index (κ1) is 16.2. The van der Waals surface area contributed by atoms with E-state index in [0.29, 0.717) is 6.61 Å². The van der Waals surface area contributed by atoms with E-state index in [1.165, 1.54) is 11.1 Å². The van der Waals surface area contributed by atoms with Gasteiger partial charge in [-0.05, 0) is 57.5 Å². The maximum atomic E-state index is 5.78. The van der Waals surface area contributed by atoms with Crippen molar-refractivity contribution in [1.29, 1.82) is 0 Å². The van der Waals surface area contributed by atoms with Crippen molar-refractivity contribution in [2.75, 3.05) is 11.9 Å². The first-order valence-corrected chi connectivity index (χ1v) is 7.81. The van der Waals surface area contributed by atoms with Gasteiger partial charge >= 0.3 is 0 Å². The number of hydrogen-bond acceptors (Lipinski definition) is 3. The van der Waals surface area contributed by atoms with Crippen molar-refractivity contribution in [2.24, 2.45) is 0 Å². The van der Waals surface area contributed by atoms with Crippen molar-refractivity contribution in [3.05, 3.63) is 53.6 Å². The van der Waals surface area contributed by atoms with Crippen LogP contribution in [0.5, 0.6) is 11.5 Å². The topological polar surface area (TPSA) is 30.5 Å². The summed E-state index contributed by atoms with van der Waals surface area (Å²) >= 11 is 0. The van der Waals surface area contributed by atoms with Gasteiger partial charge in [0.25, 0.3) is 0 Å². The lowest BCUT2D eigenvalue weighted by Gasteiger charge is -2.16. The van der Waals surface area contributed by atoms with Crippen LogP contribution in [-0.2, 0) is 6.54 Å². The normalized spacial score (nSPS) is 10.6. The number of rotatable bonds is 7. The third-order valence-corrected chi connectivity index (χ3v) is 3.22. The first-order valence-electron chi connectivity index (χ1n) is 7.81. The molecule has 1 N–H and O–H groups in total. The molecule has 2 aromatic rings. The van der Waals surface area contributed by atoms with E-state index in [1.807, 2.05) is 32.9 Å². The molecule has 0 radical (unpaired) electrons. The van der Waals surface area contributed by atoms with E-state index in [0.717, 1.165) is 23.7 Å².